The number of anilines is 2. The SMILES string of the molecule is C[Si](C)c1cccc(N2C(=O)c3ccc(C(c4ccc5c(c4)C(=O)N(c4cccc([Si](C)C)c4)C5=O)(C(F)(F)F)C(F)(F)F)cc3C2=O)c1. The second kappa shape index (κ2) is 11.7. The Morgan fingerprint density at radius 2 is 0.816 bits per heavy atom. The zero-order valence-electron chi connectivity index (χ0n) is 26.4. The number of carbonyl (C=O) groups is 4. The van der Waals surface area contributed by atoms with Crippen molar-refractivity contribution in [2.45, 2.75) is 44.0 Å². The predicted octanol–water partition coefficient (Wildman–Crippen LogP) is 6.62. The van der Waals surface area contributed by atoms with E-state index >= 15 is 26.3 Å². The predicted molar refractivity (Wildman–Crippen MR) is 175 cm³/mol. The Balaban J connectivity index is 1.49. The van der Waals surface area contributed by atoms with Gasteiger partial charge in [-0.25, -0.2) is 9.80 Å². The molecule has 0 bridgehead atoms. The topological polar surface area (TPSA) is 74.8 Å². The lowest BCUT2D eigenvalue weighted by molar-refractivity contribution is -0.288. The summed E-state index contributed by atoms with van der Waals surface area (Å²) in [6.45, 7) is 7.88. The van der Waals surface area contributed by atoms with E-state index in [1.165, 1.54) is 12.1 Å². The smallest absolute Gasteiger partial charge is 0.268 e. The molecule has 0 unspecified atom stereocenters. The van der Waals surface area contributed by atoms with Crippen LogP contribution in [0.25, 0.3) is 0 Å². The Labute approximate surface area is 280 Å². The van der Waals surface area contributed by atoms with Gasteiger partial charge in [-0.05, 0) is 59.7 Å². The fourth-order valence-electron chi connectivity index (χ4n) is 6.31. The molecule has 2 aliphatic heterocycles. The molecule has 0 atom stereocenters. The molecule has 4 aromatic carbocycles. The van der Waals surface area contributed by atoms with E-state index in [0.29, 0.717) is 24.3 Å². The van der Waals surface area contributed by atoms with Gasteiger partial charge in [0.15, 0.2) is 0 Å². The van der Waals surface area contributed by atoms with Gasteiger partial charge in [-0.3, -0.25) is 19.2 Å². The van der Waals surface area contributed by atoms with Crippen molar-refractivity contribution in [3.63, 3.8) is 0 Å². The normalized spacial score (nSPS) is 15.2. The number of amides is 4. The van der Waals surface area contributed by atoms with Gasteiger partial charge < -0.3 is 0 Å². The molecule has 0 saturated carbocycles. The van der Waals surface area contributed by atoms with Crippen molar-refractivity contribution in [1.29, 1.82) is 0 Å². The van der Waals surface area contributed by atoms with E-state index in [0.717, 1.165) is 32.3 Å². The van der Waals surface area contributed by atoms with Gasteiger partial charge in [-0.2, -0.15) is 26.3 Å². The Bertz CT molecular complexity index is 1930. The highest BCUT2D eigenvalue weighted by Gasteiger charge is 2.73. The molecule has 0 fully saturated rings. The minimum absolute atomic E-state index is 0.140. The Morgan fingerprint density at radius 3 is 1.14 bits per heavy atom. The first-order valence-electron chi connectivity index (χ1n) is 14.9. The van der Waals surface area contributed by atoms with Crippen LogP contribution < -0.4 is 20.2 Å². The molecule has 0 spiro atoms. The average molecular weight is 709 g/mol. The van der Waals surface area contributed by atoms with Gasteiger partial charge >= 0.3 is 12.4 Å². The van der Waals surface area contributed by atoms with Crippen molar-refractivity contribution in [3.05, 3.63) is 118 Å². The Morgan fingerprint density at radius 1 is 0.469 bits per heavy atom. The molecule has 4 aromatic rings. The molecule has 14 heteroatoms. The number of rotatable bonds is 6. The summed E-state index contributed by atoms with van der Waals surface area (Å²) in [6, 6.07) is 16.4. The van der Waals surface area contributed by atoms with Crippen LogP contribution in [0.15, 0.2) is 84.9 Å². The summed E-state index contributed by atoms with van der Waals surface area (Å²) < 4.78 is 91.1. The third kappa shape index (κ3) is 5.15. The molecule has 0 saturated heterocycles. The van der Waals surface area contributed by atoms with Crippen molar-refractivity contribution in [1.82, 2.24) is 0 Å². The van der Waals surface area contributed by atoms with E-state index < -0.39 is 81.2 Å². The van der Waals surface area contributed by atoms with Crippen LogP contribution in [0.3, 0.4) is 0 Å². The molecule has 0 aromatic heterocycles. The van der Waals surface area contributed by atoms with Gasteiger partial charge in [-0.15, -0.1) is 0 Å². The van der Waals surface area contributed by atoms with Crippen LogP contribution in [0.1, 0.15) is 52.6 Å². The van der Waals surface area contributed by atoms with Crippen LogP contribution in [-0.2, 0) is 5.41 Å². The lowest BCUT2D eigenvalue weighted by atomic mass is 9.71. The molecule has 0 N–H and O–H groups in total. The second-order valence-electron chi connectivity index (χ2n) is 12.3. The minimum atomic E-state index is -6.06. The molecule has 2 heterocycles. The molecular formula is C35H26F6N2O4Si2. The highest BCUT2D eigenvalue weighted by molar-refractivity contribution is 6.71. The fourth-order valence-corrected chi connectivity index (χ4v) is 8.04. The van der Waals surface area contributed by atoms with E-state index in [-0.39, 0.29) is 22.5 Å². The van der Waals surface area contributed by atoms with Crippen molar-refractivity contribution in [2.75, 3.05) is 9.80 Å². The first-order valence-corrected chi connectivity index (χ1v) is 19.9. The van der Waals surface area contributed by atoms with Gasteiger partial charge in [0, 0.05) is 0 Å². The number of imide groups is 2. The van der Waals surface area contributed by atoms with Crippen molar-refractivity contribution in [2.24, 2.45) is 0 Å². The zero-order chi connectivity index (χ0) is 35.8. The Hall–Kier alpha value is -4.83. The fraction of sp³-hybridized carbons (Fsp3) is 0.200. The second-order valence-corrected chi connectivity index (χ2v) is 17.4. The quantitative estimate of drug-likeness (QED) is 0.128. The van der Waals surface area contributed by atoms with Crippen LogP contribution in [0.2, 0.25) is 26.2 Å². The molecule has 0 aliphatic carbocycles. The van der Waals surface area contributed by atoms with Crippen molar-refractivity contribution in [3.8, 4) is 0 Å². The van der Waals surface area contributed by atoms with Gasteiger partial charge in [0.05, 0.1) is 51.2 Å². The third-order valence-electron chi connectivity index (χ3n) is 8.85. The van der Waals surface area contributed by atoms with E-state index in [1.807, 2.05) is 26.2 Å². The molecule has 2 aliphatic rings. The third-order valence-corrected chi connectivity index (χ3v) is 11.8. The first-order chi connectivity index (χ1) is 22.9. The van der Waals surface area contributed by atoms with Gasteiger partial charge in [0.25, 0.3) is 23.6 Å². The Kier molecular flexibility index (Phi) is 8.10. The van der Waals surface area contributed by atoms with Crippen LogP contribution in [-0.4, -0.2) is 53.6 Å². The molecule has 4 amide bonds. The monoisotopic (exact) mass is 708 g/mol. The van der Waals surface area contributed by atoms with E-state index in [9.17, 15) is 19.2 Å². The summed E-state index contributed by atoms with van der Waals surface area (Å²) in [5, 5.41) is 1.70. The summed E-state index contributed by atoms with van der Waals surface area (Å²) in [5.74, 6) is -3.93. The summed E-state index contributed by atoms with van der Waals surface area (Å²) in [6.07, 6.45) is -12.1. The highest BCUT2D eigenvalue weighted by atomic mass is 28.3. The lowest BCUT2D eigenvalue weighted by Gasteiger charge is -2.38. The van der Waals surface area contributed by atoms with E-state index in [2.05, 4.69) is 0 Å². The summed E-state index contributed by atoms with van der Waals surface area (Å²) in [5.41, 5.74) is -9.19. The number of hydrogen-bond acceptors (Lipinski definition) is 4. The lowest BCUT2D eigenvalue weighted by Crippen LogP contribution is -2.55. The van der Waals surface area contributed by atoms with Gasteiger partial charge in [0.2, 0.25) is 5.41 Å². The average Bonchev–Trinajstić information content (AvgIpc) is 3.43. The molecule has 49 heavy (non-hydrogen) atoms. The molecule has 6 rings (SSSR count). The number of nitrogens with zero attached hydrogens (tertiary/aromatic N) is 2. The number of benzene rings is 4. The van der Waals surface area contributed by atoms with Crippen LogP contribution in [0.5, 0.6) is 0 Å². The number of hydrogen-bond donors (Lipinski definition) is 0. The highest BCUT2D eigenvalue weighted by Crippen LogP contribution is 2.57. The number of carbonyl (C=O) groups excluding carboxylic acids is 4. The van der Waals surface area contributed by atoms with Gasteiger partial charge in [0.1, 0.15) is 0 Å². The number of alkyl halides is 6. The van der Waals surface area contributed by atoms with E-state index in [1.54, 1.807) is 36.4 Å². The summed E-state index contributed by atoms with van der Waals surface area (Å²) >= 11 is 0. The minimum Gasteiger partial charge on any atom is -0.268 e. The standard InChI is InChI=1S/C35H26F6N2O4Si2/c1-48(2)23-9-5-7-21(17-23)42-29(44)25-13-11-19(15-27(25)31(42)46)33(34(36,37)38,35(39,40)41)20-12-14-26-28(16-20)32(47)43(30(26)45)22-8-6-10-24(18-22)49(3)4/h5-18H,1-4H3. The number of halogens is 6. The number of fused-ring (bicyclic) bond motifs is 2. The first kappa shape index (κ1) is 34.1. The maximum absolute atomic E-state index is 15.2. The van der Waals surface area contributed by atoms with Crippen molar-refractivity contribution >= 4 is 63.0 Å². The van der Waals surface area contributed by atoms with Crippen LogP contribution in [0, 0.1) is 0 Å². The molecule has 250 valence electrons. The zero-order valence-corrected chi connectivity index (χ0v) is 28.4. The maximum atomic E-state index is 15.2. The molecule has 2 radical (unpaired) electrons. The van der Waals surface area contributed by atoms with E-state index in [4.69, 9.17) is 0 Å². The molecular weight excluding hydrogens is 683 g/mol. The largest absolute Gasteiger partial charge is 0.411 e. The summed E-state index contributed by atoms with van der Waals surface area (Å²) in [7, 11) is -2.07. The maximum Gasteiger partial charge on any atom is 0.411 e. The van der Waals surface area contributed by atoms with Gasteiger partial charge in [-0.1, -0.05) is 73.0 Å². The van der Waals surface area contributed by atoms with Crippen molar-refractivity contribution < 1.29 is 45.5 Å². The molecule has 6 nitrogen and oxygen atoms in total. The summed E-state index contributed by atoms with van der Waals surface area (Å²) in [4.78, 5) is 55.2. The van der Waals surface area contributed by atoms with Crippen LogP contribution >= 0.6 is 0 Å². The van der Waals surface area contributed by atoms with Crippen LogP contribution in [0.4, 0.5) is 37.7 Å².